The summed E-state index contributed by atoms with van der Waals surface area (Å²) >= 11 is 0. The number of benzene rings is 1. The lowest BCUT2D eigenvalue weighted by atomic mass is 10.2. The van der Waals surface area contributed by atoms with Gasteiger partial charge in [0, 0.05) is 11.8 Å². The average Bonchev–Trinajstić information content (AvgIpc) is 3.16. The standard InChI is InChI=1S/C14H9N5O3/c20-14(21)12-13(18-19-17-12)22-11-3-1-2-9(6-11)4-5-10-7-15-16-8-10/h1-3,6-8H,(H,15,16)(H,20,21)(H,17,18,19). The number of aromatic nitrogens is 5. The Labute approximate surface area is 124 Å². The van der Waals surface area contributed by atoms with Crippen molar-refractivity contribution < 1.29 is 14.6 Å². The van der Waals surface area contributed by atoms with Crippen LogP contribution in [0.4, 0.5) is 0 Å². The molecule has 1 aromatic carbocycles. The van der Waals surface area contributed by atoms with Crippen molar-refractivity contribution in [1.82, 2.24) is 25.6 Å². The Hall–Kier alpha value is -3.60. The third-order valence-electron chi connectivity index (χ3n) is 2.62. The first-order valence-corrected chi connectivity index (χ1v) is 6.15. The van der Waals surface area contributed by atoms with Crippen LogP contribution in [-0.4, -0.2) is 36.7 Å². The maximum Gasteiger partial charge on any atom is 0.362 e. The summed E-state index contributed by atoms with van der Waals surface area (Å²) in [5.41, 5.74) is 1.19. The van der Waals surface area contributed by atoms with Crippen LogP contribution in [0.5, 0.6) is 11.6 Å². The second-order valence-corrected chi connectivity index (χ2v) is 4.16. The lowest BCUT2D eigenvalue weighted by molar-refractivity contribution is 0.0687. The number of ether oxygens (including phenoxy) is 1. The second kappa shape index (κ2) is 5.80. The molecule has 0 unspecified atom stereocenters. The van der Waals surface area contributed by atoms with Crippen molar-refractivity contribution in [2.45, 2.75) is 0 Å². The summed E-state index contributed by atoms with van der Waals surface area (Å²) in [5.74, 6) is 5.05. The highest BCUT2D eigenvalue weighted by Gasteiger charge is 2.16. The van der Waals surface area contributed by atoms with Crippen LogP contribution in [0.15, 0.2) is 36.7 Å². The normalized spacial score (nSPS) is 9.82. The van der Waals surface area contributed by atoms with Gasteiger partial charge in [-0.3, -0.25) is 5.10 Å². The van der Waals surface area contributed by atoms with Gasteiger partial charge in [-0.1, -0.05) is 23.1 Å². The molecule has 3 rings (SSSR count). The molecular weight excluding hydrogens is 286 g/mol. The number of aromatic amines is 2. The Morgan fingerprint density at radius 3 is 2.91 bits per heavy atom. The topological polar surface area (TPSA) is 117 Å². The van der Waals surface area contributed by atoms with Crippen LogP contribution in [0.1, 0.15) is 21.6 Å². The highest BCUT2D eigenvalue weighted by molar-refractivity contribution is 5.87. The van der Waals surface area contributed by atoms with E-state index in [1.165, 1.54) is 0 Å². The Morgan fingerprint density at radius 1 is 1.27 bits per heavy atom. The number of hydrogen-bond donors (Lipinski definition) is 3. The molecule has 0 bridgehead atoms. The summed E-state index contributed by atoms with van der Waals surface area (Å²) in [6.45, 7) is 0. The summed E-state index contributed by atoms with van der Waals surface area (Å²) in [6, 6.07) is 6.91. The number of rotatable bonds is 3. The third-order valence-corrected chi connectivity index (χ3v) is 2.62. The molecular formula is C14H9N5O3. The monoisotopic (exact) mass is 295 g/mol. The molecule has 8 nitrogen and oxygen atoms in total. The Morgan fingerprint density at radius 2 is 2.14 bits per heavy atom. The third kappa shape index (κ3) is 2.94. The minimum absolute atomic E-state index is 0.0348. The zero-order valence-corrected chi connectivity index (χ0v) is 11.1. The molecule has 0 spiro atoms. The molecule has 0 aliphatic carbocycles. The number of carboxylic acid groups (broad SMARTS) is 1. The Balaban J connectivity index is 1.82. The van der Waals surface area contributed by atoms with Crippen LogP contribution in [0.2, 0.25) is 0 Å². The van der Waals surface area contributed by atoms with E-state index in [2.05, 4.69) is 37.4 Å². The molecule has 0 saturated carbocycles. The fourth-order valence-corrected chi connectivity index (χ4v) is 1.65. The van der Waals surface area contributed by atoms with E-state index in [4.69, 9.17) is 9.84 Å². The molecule has 3 aromatic rings. The fraction of sp³-hybridized carbons (Fsp3) is 0. The van der Waals surface area contributed by atoms with Crippen LogP contribution in [0, 0.1) is 11.8 Å². The van der Waals surface area contributed by atoms with Gasteiger partial charge < -0.3 is 9.84 Å². The molecule has 0 amide bonds. The van der Waals surface area contributed by atoms with Crippen molar-refractivity contribution in [1.29, 1.82) is 0 Å². The summed E-state index contributed by atoms with van der Waals surface area (Å²) in [5, 5.41) is 24.7. The van der Waals surface area contributed by atoms with Gasteiger partial charge in [-0.05, 0) is 18.2 Å². The van der Waals surface area contributed by atoms with Gasteiger partial charge in [0.25, 0.3) is 5.88 Å². The summed E-state index contributed by atoms with van der Waals surface area (Å²) in [6.07, 6.45) is 3.30. The molecule has 0 aliphatic heterocycles. The Bertz CT molecular complexity index is 858. The van der Waals surface area contributed by atoms with Crippen molar-refractivity contribution in [3.8, 4) is 23.5 Å². The highest BCUT2D eigenvalue weighted by Crippen LogP contribution is 2.22. The highest BCUT2D eigenvalue weighted by atomic mass is 16.5. The zero-order chi connectivity index (χ0) is 15.4. The lowest BCUT2D eigenvalue weighted by Gasteiger charge is -2.03. The van der Waals surface area contributed by atoms with Gasteiger partial charge in [-0.2, -0.15) is 5.10 Å². The SMILES string of the molecule is O=C(O)c1nn[nH]c1Oc1cccc(C#Cc2cn[nH]c2)c1. The van der Waals surface area contributed by atoms with E-state index < -0.39 is 5.97 Å². The first-order valence-electron chi connectivity index (χ1n) is 6.15. The van der Waals surface area contributed by atoms with Gasteiger partial charge in [0.1, 0.15) is 5.75 Å². The van der Waals surface area contributed by atoms with Crippen LogP contribution < -0.4 is 4.74 Å². The van der Waals surface area contributed by atoms with Crippen molar-refractivity contribution >= 4 is 5.97 Å². The summed E-state index contributed by atoms with van der Waals surface area (Å²) < 4.78 is 5.44. The molecule has 8 heteroatoms. The minimum Gasteiger partial charge on any atom is -0.476 e. The van der Waals surface area contributed by atoms with Gasteiger partial charge in [-0.25, -0.2) is 9.89 Å². The van der Waals surface area contributed by atoms with Crippen molar-refractivity contribution in [3.05, 3.63) is 53.5 Å². The zero-order valence-electron chi connectivity index (χ0n) is 11.1. The quantitative estimate of drug-likeness (QED) is 0.629. The number of aromatic carboxylic acids is 1. The maximum absolute atomic E-state index is 10.9. The number of nitrogens with one attached hydrogen (secondary N) is 2. The molecule has 0 radical (unpaired) electrons. The van der Waals surface area contributed by atoms with Crippen LogP contribution >= 0.6 is 0 Å². The van der Waals surface area contributed by atoms with Gasteiger partial charge in [-0.15, -0.1) is 5.10 Å². The first-order chi connectivity index (χ1) is 10.7. The molecule has 22 heavy (non-hydrogen) atoms. The molecule has 2 heterocycles. The van der Waals surface area contributed by atoms with Crippen LogP contribution in [0.3, 0.4) is 0 Å². The predicted molar refractivity (Wildman–Crippen MR) is 74.4 cm³/mol. The number of nitrogens with zero attached hydrogens (tertiary/aromatic N) is 3. The number of carbonyl (C=O) groups is 1. The average molecular weight is 295 g/mol. The van der Waals surface area contributed by atoms with Crippen molar-refractivity contribution in [2.24, 2.45) is 0 Å². The first kappa shape index (κ1) is 13.4. The maximum atomic E-state index is 10.9. The van der Waals surface area contributed by atoms with Crippen molar-refractivity contribution in [2.75, 3.05) is 0 Å². The summed E-state index contributed by atoms with van der Waals surface area (Å²) in [4.78, 5) is 10.9. The van der Waals surface area contributed by atoms with Crippen LogP contribution in [-0.2, 0) is 0 Å². The molecule has 3 N–H and O–H groups in total. The van der Waals surface area contributed by atoms with E-state index in [-0.39, 0.29) is 11.6 Å². The molecule has 108 valence electrons. The van der Waals surface area contributed by atoms with Gasteiger partial charge in [0.15, 0.2) is 0 Å². The smallest absolute Gasteiger partial charge is 0.362 e. The van der Waals surface area contributed by atoms with Crippen molar-refractivity contribution in [3.63, 3.8) is 0 Å². The Kier molecular flexibility index (Phi) is 3.53. The molecule has 0 atom stereocenters. The molecule has 2 aromatic heterocycles. The summed E-state index contributed by atoms with van der Waals surface area (Å²) in [7, 11) is 0. The van der Waals surface area contributed by atoms with E-state index in [0.717, 1.165) is 5.56 Å². The van der Waals surface area contributed by atoms with Crippen LogP contribution in [0.25, 0.3) is 0 Å². The number of hydrogen-bond acceptors (Lipinski definition) is 5. The van der Waals surface area contributed by atoms with Gasteiger partial charge >= 0.3 is 5.97 Å². The van der Waals surface area contributed by atoms with E-state index in [9.17, 15) is 4.79 Å². The largest absolute Gasteiger partial charge is 0.476 e. The molecule has 0 aliphatic rings. The minimum atomic E-state index is -1.22. The second-order valence-electron chi connectivity index (χ2n) is 4.16. The predicted octanol–water partition coefficient (Wildman–Crippen LogP) is 1.42. The number of H-pyrrole nitrogens is 2. The van der Waals surface area contributed by atoms with E-state index in [0.29, 0.717) is 11.3 Å². The lowest BCUT2D eigenvalue weighted by Crippen LogP contribution is -1.99. The van der Waals surface area contributed by atoms with Gasteiger partial charge in [0.05, 0.1) is 11.8 Å². The molecule has 0 saturated heterocycles. The van der Waals surface area contributed by atoms with E-state index in [1.807, 2.05) is 6.07 Å². The van der Waals surface area contributed by atoms with Gasteiger partial charge in [0.2, 0.25) is 5.69 Å². The number of carboxylic acids is 1. The van der Waals surface area contributed by atoms with E-state index >= 15 is 0 Å². The van der Waals surface area contributed by atoms with E-state index in [1.54, 1.807) is 30.6 Å². The fourth-order valence-electron chi connectivity index (χ4n) is 1.65. The molecule has 0 fully saturated rings.